The molecule has 1 fully saturated rings. The summed E-state index contributed by atoms with van der Waals surface area (Å²) in [7, 11) is 0. The Hall–Kier alpha value is -1.64. The average molecular weight is 271 g/mol. The van der Waals surface area contributed by atoms with Gasteiger partial charge in [0.1, 0.15) is 0 Å². The first-order valence-corrected chi connectivity index (χ1v) is 7.66. The Morgan fingerprint density at radius 1 is 1.05 bits per heavy atom. The van der Waals surface area contributed by atoms with Gasteiger partial charge < -0.3 is 0 Å². The van der Waals surface area contributed by atoms with Gasteiger partial charge in [0.05, 0.1) is 11.1 Å². The van der Waals surface area contributed by atoms with Crippen LogP contribution in [0.3, 0.4) is 0 Å². The van der Waals surface area contributed by atoms with Crippen molar-refractivity contribution in [2.45, 2.75) is 39.0 Å². The zero-order chi connectivity index (χ0) is 14.1. The molecule has 0 N–H and O–H groups in total. The van der Waals surface area contributed by atoms with E-state index in [1.165, 1.54) is 30.6 Å². The predicted molar refractivity (Wildman–Crippen MR) is 77.5 cm³/mol. The predicted octanol–water partition coefficient (Wildman–Crippen LogP) is 3.50. The van der Waals surface area contributed by atoms with E-state index >= 15 is 0 Å². The zero-order valence-corrected chi connectivity index (χ0v) is 12.0. The van der Waals surface area contributed by atoms with Crippen LogP contribution in [-0.2, 0) is 0 Å². The van der Waals surface area contributed by atoms with E-state index in [1.54, 1.807) is 12.1 Å². The third-order valence-corrected chi connectivity index (χ3v) is 4.67. The van der Waals surface area contributed by atoms with Gasteiger partial charge in [-0.1, -0.05) is 38.3 Å². The number of nitrogens with zero attached hydrogens (tertiary/aromatic N) is 1. The lowest BCUT2D eigenvalue weighted by molar-refractivity contribution is 0.0628. The molecule has 0 aromatic heterocycles. The van der Waals surface area contributed by atoms with Gasteiger partial charge in [-0.3, -0.25) is 14.5 Å². The molecule has 1 aromatic carbocycles. The highest BCUT2D eigenvalue weighted by molar-refractivity contribution is 6.21. The van der Waals surface area contributed by atoms with Gasteiger partial charge in [-0.25, -0.2) is 0 Å². The molecule has 3 heteroatoms. The summed E-state index contributed by atoms with van der Waals surface area (Å²) >= 11 is 0. The normalized spacial score (nSPS) is 25.4. The van der Waals surface area contributed by atoms with Crippen LogP contribution in [0.2, 0.25) is 0 Å². The molecule has 0 bridgehead atoms. The Kier molecular flexibility index (Phi) is 3.60. The number of carbonyl (C=O) groups excluding carboxylic acids is 2. The molecule has 1 aliphatic carbocycles. The molecular weight excluding hydrogens is 250 g/mol. The molecule has 0 unspecified atom stereocenters. The fraction of sp³-hybridized carbons (Fsp3) is 0.529. The number of benzene rings is 1. The molecule has 0 radical (unpaired) electrons. The van der Waals surface area contributed by atoms with Crippen LogP contribution in [0.15, 0.2) is 24.3 Å². The highest BCUT2D eigenvalue weighted by Gasteiger charge is 2.37. The van der Waals surface area contributed by atoms with Crippen LogP contribution in [0, 0.1) is 11.8 Å². The molecule has 1 aliphatic heterocycles. The number of hydrogen-bond donors (Lipinski definition) is 0. The van der Waals surface area contributed by atoms with E-state index in [1.807, 2.05) is 12.1 Å². The van der Waals surface area contributed by atoms with Gasteiger partial charge in [0.2, 0.25) is 0 Å². The molecule has 2 atom stereocenters. The summed E-state index contributed by atoms with van der Waals surface area (Å²) in [6.45, 7) is 2.82. The summed E-state index contributed by atoms with van der Waals surface area (Å²) in [6.07, 6.45) is 6.07. The number of hydrogen-bond acceptors (Lipinski definition) is 2. The maximum atomic E-state index is 12.3. The molecule has 3 nitrogen and oxygen atoms in total. The van der Waals surface area contributed by atoms with Crippen LogP contribution in [0.5, 0.6) is 0 Å². The Balaban J connectivity index is 1.68. The summed E-state index contributed by atoms with van der Waals surface area (Å²) in [5.74, 6) is 1.07. The lowest BCUT2D eigenvalue weighted by Crippen LogP contribution is -2.34. The standard InChI is InChI=1S/C17H21NO2/c1-2-5-12-8-9-13(10-12)11-18-16(19)14-6-3-4-7-15(14)17(18)20/h3-4,6-7,12-13H,2,5,8-11H2,1H3/t12-,13+/m1/s1. The van der Waals surface area contributed by atoms with Crippen LogP contribution >= 0.6 is 0 Å². The first-order chi connectivity index (χ1) is 9.70. The topological polar surface area (TPSA) is 37.4 Å². The van der Waals surface area contributed by atoms with E-state index in [-0.39, 0.29) is 11.8 Å². The molecule has 0 saturated heterocycles. The van der Waals surface area contributed by atoms with Gasteiger partial charge in [0.25, 0.3) is 11.8 Å². The van der Waals surface area contributed by atoms with Crippen LogP contribution in [0.4, 0.5) is 0 Å². The second kappa shape index (κ2) is 5.39. The Morgan fingerprint density at radius 2 is 1.65 bits per heavy atom. The molecule has 3 rings (SSSR count). The monoisotopic (exact) mass is 271 g/mol. The second-order valence-corrected chi connectivity index (χ2v) is 6.10. The van der Waals surface area contributed by atoms with Gasteiger partial charge in [0, 0.05) is 6.54 Å². The summed E-state index contributed by atoms with van der Waals surface area (Å²) < 4.78 is 0. The summed E-state index contributed by atoms with van der Waals surface area (Å²) in [4.78, 5) is 26.1. The van der Waals surface area contributed by atoms with Gasteiger partial charge in [-0.2, -0.15) is 0 Å². The first kappa shape index (κ1) is 13.3. The molecule has 1 heterocycles. The lowest BCUT2D eigenvalue weighted by Gasteiger charge is -2.18. The average Bonchev–Trinajstić information content (AvgIpc) is 2.99. The van der Waals surface area contributed by atoms with Crippen molar-refractivity contribution in [1.82, 2.24) is 4.90 Å². The van der Waals surface area contributed by atoms with E-state index in [0.717, 1.165) is 12.3 Å². The molecule has 2 aliphatic rings. The number of amides is 2. The Bertz CT molecular complexity index is 503. The molecule has 1 aromatic rings. The second-order valence-electron chi connectivity index (χ2n) is 6.10. The van der Waals surface area contributed by atoms with E-state index in [9.17, 15) is 9.59 Å². The molecule has 106 valence electrons. The summed E-state index contributed by atoms with van der Waals surface area (Å²) in [5, 5.41) is 0. The third kappa shape index (κ3) is 2.26. The highest BCUT2D eigenvalue weighted by atomic mass is 16.2. The van der Waals surface area contributed by atoms with Gasteiger partial charge in [-0.05, 0) is 36.8 Å². The van der Waals surface area contributed by atoms with Crippen LogP contribution in [-0.4, -0.2) is 23.3 Å². The van der Waals surface area contributed by atoms with Crippen LogP contribution in [0.1, 0.15) is 59.7 Å². The van der Waals surface area contributed by atoms with Crippen molar-refractivity contribution in [3.8, 4) is 0 Å². The number of rotatable bonds is 4. The van der Waals surface area contributed by atoms with Gasteiger partial charge in [0.15, 0.2) is 0 Å². The largest absolute Gasteiger partial charge is 0.274 e. The summed E-state index contributed by atoms with van der Waals surface area (Å²) in [6, 6.07) is 7.15. The fourth-order valence-electron chi connectivity index (χ4n) is 3.68. The van der Waals surface area contributed by atoms with Crippen molar-refractivity contribution >= 4 is 11.8 Å². The molecule has 2 amide bonds. The Morgan fingerprint density at radius 3 is 2.25 bits per heavy atom. The maximum absolute atomic E-state index is 12.3. The number of fused-ring (bicyclic) bond motifs is 1. The first-order valence-electron chi connectivity index (χ1n) is 7.66. The minimum atomic E-state index is -0.107. The van der Waals surface area contributed by atoms with Crippen LogP contribution in [0.25, 0.3) is 0 Å². The molecule has 0 spiro atoms. The molecule has 20 heavy (non-hydrogen) atoms. The van der Waals surface area contributed by atoms with Crippen molar-refractivity contribution in [2.24, 2.45) is 11.8 Å². The molecule has 1 saturated carbocycles. The Labute approximate surface area is 120 Å². The van der Waals surface area contributed by atoms with Gasteiger partial charge >= 0.3 is 0 Å². The number of carbonyl (C=O) groups is 2. The third-order valence-electron chi connectivity index (χ3n) is 4.67. The summed E-state index contributed by atoms with van der Waals surface area (Å²) in [5.41, 5.74) is 1.14. The van der Waals surface area contributed by atoms with Crippen LogP contribution < -0.4 is 0 Å². The minimum absolute atomic E-state index is 0.107. The fourth-order valence-corrected chi connectivity index (χ4v) is 3.68. The lowest BCUT2D eigenvalue weighted by atomic mass is 10.00. The van der Waals surface area contributed by atoms with E-state index in [4.69, 9.17) is 0 Å². The van der Waals surface area contributed by atoms with Crippen molar-refractivity contribution in [3.05, 3.63) is 35.4 Å². The van der Waals surface area contributed by atoms with E-state index in [0.29, 0.717) is 23.6 Å². The van der Waals surface area contributed by atoms with Crippen molar-refractivity contribution in [3.63, 3.8) is 0 Å². The SMILES string of the molecule is CCC[C@@H]1CC[C@H](CN2C(=O)c3ccccc3C2=O)C1. The van der Waals surface area contributed by atoms with Crippen molar-refractivity contribution < 1.29 is 9.59 Å². The van der Waals surface area contributed by atoms with E-state index in [2.05, 4.69) is 6.92 Å². The molecular formula is C17H21NO2. The minimum Gasteiger partial charge on any atom is -0.274 e. The van der Waals surface area contributed by atoms with Crippen molar-refractivity contribution in [1.29, 1.82) is 0 Å². The van der Waals surface area contributed by atoms with Gasteiger partial charge in [-0.15, -0.1) is 0 Å². The van der Waals surface area contributed by atoms with E-state index < -0.39 is 0 Å². The smallest absolute Gasteiger partial charge is 0.261 e. The number of imide groups is 1. The zero-order valence-electron chi connectivity index (χ0n) is 12.0. The quantitative estimate of drug-likeness (QED) is 0.786. The maximum Gasteiger partial charge on any atom is 0.261 e. The van der Waals surface area contributed by atoms with Crippen molar-refractivity contribution in [2.75, 3.05) is 6.54 Å². The highest BCUT2D eigenvalue weighted by Crippen LogP contribution is 2.35.